The Kier molecular flexibility index (Phi) is 2.70. The Morgan fingerprint density at radius 2 is 2.04 bits per heavy atom. The van der Waals surface area contributed by atoms with E-state index < -0.39 is 5.66 Å². The molecule has 3 heterocycles. The van der Waals surface area contributed by atoms with Crippen molar-refractivity contribution in [2.45, 2.75) is 25.9 Å². The number of carbonyl (C=O) groups excluding carboxylic acids is 1. The Labute approximate surface area is 144 Å². The van der Waals surface area contributed by atoms with Crippen molar-refractivity contribution >= 4 is 33.0 Å². The summed E-state index contributed by atoms with van der Waals surface area (Å²) in [5.41, 5.74) is 3.82. The molecule has 0 bridgehead atoms. The third-order valence-electron chi connectivity index (χ3n) is 5.29. The molecule has 1 N–H and O–H groups in total. The van der Waals surface area contributed by atoms with Gasteiger partial charge in [0.1, 0.15) is 5.66 Å². The molecule has 0 spiro atoms. The fraction of sp³-hybridized carbons (Fsp3) is 0.250. The predicted octanol–water partition coefficient (Wildman–Crippen LogP) is 4.51. The van der Waals surface area contributed by atoms with Crippen LogP contribution in [0.1, 0.15) is 33.3 Å². The van der Waals surface area contributed by atoms with E-state index in [2.05, 4.69) is 49.5 Å². The minimum absolute atomic E-state index is 0.134. The number of rotatable bonds is 0. The molecule has 0 radical (unpaired) electrons. The van der Waals surface area contributed by atoms with Gasteiger partial charge in [0.25, 0.3) is 5.91 Å². The first-order chi connectivity index (χ1) is 11.6. The number of nitrogens with one attached hydrogen (secondary N) is 1. The highest BCUT2D eigenvalue weighted by molar-refractivity contribution is 7.19. The van der Waals surface area contributed by atoms with E-state index in [1.54, 1.807) is 0 Å². The zero-order chi connectivity index (χ0) is 16.5. The van der Waals surface area contributed by atoms with Gasteiger partial charge in [-0.1, -0.05) is 24.3 Å². The second-order valence-corrected chi connectivity index (χ2v) is 7.91. The summed E-state index contributed by atoms with van der Waals surface area (Å²) in [6, 6.07) is 14.6. The standard InChI is InChI=1S/C20H18N2OS/c1-12-7-8-15-16(11-12)21-20(2)18-14(9-10-22(20)19(15)23)13-5-3-4-6-17(13)24-18/h3-8,11,21H,9-10H2,1-2H3. The number of hydrogen-bond donors (Lipinski definition) is 1. The molecule has 0 saturated carbocycles. The summed E-state index contributed by atoms with van der Waals surface area (Å²) in [4.78, 5) is 16.4. The predicted molar refractivity (Wildman–Crippen MR) is 98.7 cm³/mol. The second-order valence-electron chi connectivity index (χ2n) is 6.86. The molecule has 3 aromatic rings. The number of nitrogens with zero attached hydrogens (tertiary/aromatic N) is 1. The van der Waals surface area contributed by atoms with E-state index in [0.29, 0.717) is 0 Å². The van der Waals surface area contributed by atoms with Crippen LogP contribution in [0.25, 0.3) is 10.1 Å². The quantitative estimate of drug-likeness (QED) is 0.656. The lowest BCUT2D eigenvalue weighted by Crippen LogP contribution is -2.58. The van der Waals surface area contributed by atoms with Crippen LogP contribution in [-0.2, 0) is 12.1 Å². The van der Waals surface area contributed by atoms with Gasteiger partial charge in [-0.05, 0) is 55.0 Å². The molecule has 120 valence electrons. The van der Waals surface area contributed by atoms with Gasteiger partial charge in [-0.2, -0.15) is 0 Å². The molecule has 1 aromatic heterocycles. The van der Waals surface area contributed by atoms with Crippen LogP contribution in [0.2, 0.25) is 0 Å². The van der Waals surface area contributed by atoms with E-state index in [1.165, 1.54) is 26.1 Å². The molecule has 0 fully saturated rings. The van der Waals surface area contributed by atoms with Crippen molar-refractivity contribution < 1.29 is 4.79 Å². The Balaban J connectivity index is 1.75. The maximum atomic E-state index is 13.1. The number of fused-ring (bicyclic) bond motifs is 6. The van der Waals surface area contributed by atoms with Crippen LogP contribution < -0.4 is 5.32 Å². The lowest BCUT2D eigenvalue weighted by Gasteiger charge is -2.49. The third kappa shape index (κ3) is 1.69. The maximum Gasteiger partial charge on any atom is 0.258 e. The van der Waals surface area contributed by atoms with Crippen LogP contribution >= 0.6 is 11.3 Å². The van der Waals surface area contributed by atoms with E-state index in [0.717, 1.165) is 24.2 Å². The average molecular weight is 334 g/mol. The lowest BCUT2D eigenvalue weighted by atomic mass is 9.90. The van der Waals surface area contributed by atoms with Crippen molar-refractivity contribution in [2.24, 2.45) is 0 Å². The third-order valence-corrected chi connectivity index (χ3v) is 6.72. The molecule has 5 rings (SSSR count). The maximum absolute atomic E-state index is 13.1. The molecule has 1 atom stereocenters. The van der Waals surface area contributed by atoms with E-state index in [4.69, 9.17) is 0 Å². The van der Waals surface area contributed by atoms with Crippen molar-refractivity contribution in [3.63, 3.8) is 0 Å². The van der Waals surface area contributed by atoms with E-state index in [1.807, 2.05) is 28.4 Å². The van der Waals surface area contributed by atoms with Gasteiger partial charge in [-0.15, -0.1) is 11.3 Å². The van der Waals surface area contributed by atoms with Gasteiger partial charge in [0.05, 0.1) is 10.4 Å². The van der Waals surface area contributed by atoms with E-state index >= 15 is 0 Å². The minimum Gasteiger partial charge on any atom is -0.358 e. The second kappa shape index (κ2) is 4.61. The topological polar surface area (TPSA) is 32.3 Å². The molecule has 1 unspecified atom stereocenters. The number of thiophene rings is 1. The van der Waals surface area contributed by atoms with Crippen LogP contribution in [0.15, 0.2) is 42.5 Å². The van der Waals surface area contributed by atoms with E-state index in [-0.39, 0.29) is 5.91 Å². The molecule has 2 aliphatic rings. The summed E-state index contributed by atoms with van der Waals surface area (Å²) >= 11 is 1.81. The Bertz CT molecular complexity index is 1010. The summed E-state index contributed by atoms with van der Waals surface area (Å²) in [7, 11) is 0. The van der Waals surface area contributed by atoms with Gasteiger partial charge in [-0.3, -0.25) is 4.79 Å². The molecule has 0 saturated heterocycles. The molecular weight excluding hydrogens is 316 g/mol. The largest absolute Gasteiger partial charge is 0.358 e. The minimum atomic E-state index is -0.463. The number of carbonyl (C=O) groups is 1. The van der Waals surface area contributed by atoms with Crippen LogP contribution in [0.4, 0.5) is 5.69 Å². The summed E-state index contributed by atoms with van der Waals surface area (Å²) in [5, 5.41) is 5.02. The summed E-state index contributed by atoms with van der Waals surface area (Å²) < 4.78 is 1.30. The molecule has 4 heteroatoms. The fourth-order valence-electron chi connectivity index (χ4n) is 4.09. The van der Waals surface area contributed by atoms with Crippen molar-refractivity contribution in [3.8, 4) is 0 Å². The van der Waals surface area contributed by atoms with Gasteiger partial charge >= 0.3 is 0 Å². The normalized spacial score (nSPS) is 21.9. The average Bonchev–Trinajstić information content (AvgIpc) is 2.94. The number of amides is 1. The molecule has 3 nitrogen and oxygen atoms in total. The first-order valence-electron chi connectivity index (χ1n) is 8.29. The zero-order valence-corrected chi connectivity index (χ0v) is 14.5. The van der Waals surface area contributed by atoms with Crippen LogP contribution in [-0.4, -0.2) is 17.4 Å². The highest BCUT2D eigenvalue weighted by Crippen LogP contribution is 2.47. The highest BCUT2D eigenvalue weighted by atomic mass is 32.1. The Hall–Kier alpha value is -2.33. The van der Waals surface area contributed by atoms with Crippen LogP contribution in [0, 0.1) is 6.92 Å². The molecular formula is C20H18N2OS. The van der Waals surface area contributed by atoms with Crippen LogP contribution in [0.5, 0.6) is 0 Å². The number of benzene rings is 2. The Morgan fingerprint density at radius 1 is 1.21 bits per heavy atom. The van der Waals surface area contributed by atoms with E-state index in [9.17, 15) is 4.79 Å². The molecule has 2 aliphatic heterocycles. The molecule has 1 amide bonds. The summed E-state index contributed by atoms with van der Waals surface area (Å²) in [5.74, 6) is 0.134. The van der Waals surface area contributed by atoms with Gasteiger partial charge in [0.2, 0.25) is 0 Å². The van der Waals surface area contributed by atoms with Gasteiger partial charge < -0.3 is 10.2 Å². The van der Waals surface area contributed by atoms with Crippen LogP contribution in [0.3, 0.4) is 0 Å². The first-order valence-corrected chi connectivity index (χ1v) is 9.11. The monoisotopic (exact) mass is 334 g/mol. The number of aryl methyl sites for hydroxylation is 1. The fourth-order valence-corrected chi connectivity index (χ4v) is 5.46. The Morgan fingerprint density at radius 3 is 2.92 bits per heavy atom. The van der Waals surface area contributed by atoms with Gasteiger partial charge in [0, 0.05) is 16.9 Å². The molecule has 2 aromatic carbocycles. The number of anilines is 1. The number of hydrogen-bond acceptors (Lipinski definition) is 3. The van der Waals surface area contributed by atoms with Crippen molar-refractivity contribution in [1.29, 1.82) is 0 Å². The molecule has 24 heavy (non-hydrogen) atoms. The van der Waals surface area contributed by atoms with Gasteiger partial charge in [0.15, 0.2) is 0 Å². The SMILES string of the molecule is Cc1ccc2c(c1)NC1(C)c3sc4ccccc4c3CCN1C2=O. The summed E-state index contributed by atoms with van der Waals surface area (Å²) in [6.07, 6.45) is 0.920. The van der Waals surface area contributed by atoms with Crippen molar-refractivity contribution in [1.82, 2.24) is 4.90 Å². The zero-order valence-electron chi connectivity index (χ0n) is 13.7. The highest BCUT2D eigenvalue weighted by Gasteiger charge is 2.47. The summed E-state index contributed by atoms with van der Waals surface area (Å²) in [6.45, 7) is 4.96. The van der Waals surface area contributed by atoms with Crippen molar-refractivity contribution in [2.75, 3.05) is 11.9 Å². The molecule has 0 aliphatic carbocycles. The first kappa shape index (κ1) is 14.1. The van der Waals surface area contributed by atoms with Gasteiger partial charge in [-0.25, -0.2) is 0 Å². The lowest BCUT2D eigenvalue weighted by molar-refractivity contribution is 0.0518. The smallest absolute Gasteiger partial charge is 0.258 e. The van der Waals surface area contributed by atoms with Crippen molar-refractivity contribution in [3.05, 3.63) is 64.0 Å².